The second-order valence-electron chi connectivity index (χ2n) is 4.15. The first-order valence-corrected chi connectivity index (χ1v) is 5.97. The van der Waals surface area contributed by atoms with E-state index >= 15 is 0 Å². The number of anilines is 1. The SMILES string of the molecule is C=CCN(C)C(=O)Nc1ccccc1CCC(=O)O. The van der Waals surface area contributed by atoms with Gasteiger partial charge in [0.15, 0.2) is 0 Å². The van der Waals surface area contributed by atoms with Crippen LogP contribution in [-0.4, -0.2) is 35.6 Å². The second kappa shape index (κ2) is 7.20. The van der Waals surface area contributed by atoms with Gasteiger partial charge in [0, 0.05) is 25.7 Å². The van der Waals surface area contributed by atoms with Gasteiger partial charge in [-0.05, 0) is 18.1 Å². The Balaban J connectivity index is 2.74. The fourth-order valence-electron chi connectivity index (χ4n) is 1.59. The van der Waals surface area contributed by atoms with Crippen LogP contribution in [0.2, 0.25) is 0 Å². The van der Waals surface area contributed by atoms with Crippen LogP contribution >= 0.6 is 0 Å². The van der Waals surface area contributed by atoms with Gasteiger partial charge in [0.1, 0.15) is 0 Å². The summed E-state index contributed by atoms with van der Waals surface area (Å²) >= 11 is 0. The molecule has 0 aliphatic heterocycles. The van der Waals surface area contributed by atoms with Crippen molar-refractivity contribution in [2.45, 2.75) is 12.8 Å². The Bertz CT molecular complexity index is 472. The first kappa shape index (κ1) is 14.8. The molecule has 2 amide bonds. The van der Waals surface area contributed by atoms with Gasteiger partial charge in [-0.25, -0.2) is 4.79 Å². The smallest absolute Gasteiger partial charge is 0.321 e. The predicted octanol–water partition coefficient (Wildman–Crippen LogP) is 2.35. The molecule has 0 aliphatic carbocycles. The minimum Gasteiger partial charge on any atom is -0.481 e. The molecule has 1 rings (SSSR count). The van der Waals surface area contributed by atoms with Crippen LogP contribution in [0, 0.1) is 0 Å². The van der Waals surface area contributed by atoms with Gasteiger partial charge in [-0.2, -0.15) is 0 Å². The third-order valence-corrected chi connectivity index (χ3v) is 2.62. The van der Waals surface area contributed by atoms with Crippen molar-refractivity contribution >= 4 is 17.7 Å². The van der Waals surface area contributed by atoms with Gasteiger partial charge in [0.05, 0.1) is 0 Å². The molecule has 19 heavy (non-hydrogen) atoms. The molecule has 102 valence electrons. The highest BCUT2D eigenvalue weighted by Gasteiger charge is 2.10. The molecule has 0 aromatic heterocycles. The lowest BCUT2D eigenvalue weighted by Gasteiger charge is -2.17. The van der Waals surface area contributed by atoms with Crippen LogP contribution in [0.4, 0.5) is 10.5 Å². The minimum atomic E-state index is -0.857. The minimum absolute atomic E-state index is 0.0371. The number of benzene rings is 1. The largest absolute Gasteiger partial charge is 0.481 e. The fraction of sp³-hybridized carbons (Fsp3) is 0.286. The summed E-state index contributed by atoms with van der Waals surface area (Å²) in [5.74, 6) is -0.857. The average Bonchev–Trinajstić information content (AvgIpc) is 2.37. The summed E-state index contributed by atoms with van der Waals surface area (Å²) in [6, 6.07) is 6.94. The molecule has 1 aromatic rings. The Labute approximate surface area is 112 Å². The van der Waals surface area contributed by atoms with E-state index in [9.17, 15) is 9.59 Å². The maximum atomic E-state index is 11.8. The number of amides is 2. The molecule has 1 aromatic carbocycles. The molecule has 0 unspecified atom stereocenters. The highest BCUT2D eigenvalue weighted by molar-refractivity contribution is 5.90. The molecule has 0 bridgehead atoms. The molecule has 2 N–H and O–H groups in total. The number of urea groups is 1. The van der Waals surface area contributed by atoms with Crippen molar-refractivity contribution in [3.05, 3.63) is 42.5 Å². The van der Waals surface area contributed by atoms with Gasteiger partial charge in [-0.1, -0.05) is 24.3 Å². The highest BCUT2D eigenvalue weighted by atomic mass is 16.4. The molecule has 0 saturated carbocycles. The summed E-state index contributed by atoms with van der Waals surface area (Å²) in [5.41, 5.74) is 1.45. The quantitative estimate of drug-likeness (QED) is 0.773. The van der Waals surface area contributed by atoms with Crippen molar-refractivity contribution in [2.75, 3.05) is 18.9 Å². The van der Waals surface area contributed by atoms with Gasteiger partial charge in [0.2, 0.25) is 0 Å². The van der Waals surface area contributed by atoms with Gasteiger partial charge in [-0.15, -0.1) is 6.58 Å². The number of aliphatic carboxylic acids is 1. The van der Waals surface area contributed by atoms with Gasteiger partial charge < -0.3 is 15.3 Å². The van der Waals surface area contributed by atoms with E-state index in [1.807, 2.05) is 12.1 Å². The van der Waals surface area contributed by atoms with Crippen LogP contribution in [0.1, 0.15) is 12.0 Å². The number of likely N-dealkylation sites (N-methyl/N-ethyl adjacent to an activating group) is 1. The second-order valence-corrected chi connectivity index (χ2v) is 4.15. The first-order chi connectivity index (χ1) is 9.04. The Hall–Kier alpha value is -2.30. The van der Waals surface area contributed by atoms with Crippen molar-refractivity contribution in [1.29, 1.82) is 0 Å². The van der Waals surface area contributed by atoms with E-state index in [1.54, 1.807) is 25.3 Å². The number of nitrogens with zero attached hydrogens (tertiary/aromatic N) is 1. The molecule has 0 radical (unpaired) electrons. The fourth-order valence-corrected chi connectivity index (χ4v) is 1.59. The molecule has 0 heterocycles. The third kappa shape index (κ3) is 4.83. The zero-order valence-electron chi connectivity index (χ0n) is 10.9. The Morgan fingerprint density at radius 2 is 2.11 bits per heavy atom. The Morgan fingerprint density at radius 3 is 2.74 bits per heavy atom. The number of carboxylic acids is 1. The van der Waals surface area contributed by atoms with E-state index < -0.39 is 5.97 Å². The normalized spacial score (nSPS) is 9.74. The first-order valence-electron chi connectivity index (χ1n) is 5.97. The van der Waals surface area contributed by atoms with Crippen LogP contribution in [0.25, 0.3) is 0 Å². The van der Waals surface area contributed by atoms with Crippen molar-refractivity contribution < 1.29 is 14.7 Å². The molecule has 0 atom stereocenters. The van der Waals surface area contributed by atoms with Crippen molar-refractivity contribution in [2.24, 2.45) is 0 Å². The zero-order valence-corrected chi connectivity index (χ0v) is 10.9. The van der Waals surface area contributed by atoms with Crippen molar-refractivity contribution in [3.8, 4) is 0 Å². The molecule has 0 fully saturated rings. The molecule has 0 spiro atoms. The van der Waals surface area contributed by atoms with E-state index in [-0.39, 0.29) is 12.5 Å². The lowest BCUT2D eigenvalue weighted by Crippen LogP contribution is -2.31. The van der Waals surface area contributed by atoms with Crippen LogP contribution < -0.4 is 5.32 Å². The molecule has 0 saturated heterocycles. The zero-order chi connectivity index (χ0) is 14.3. The number of hydrogen-bond acceptors (Lipinski definition) is 2. The molecule has 5 heteroatoms. The summed E-state index contributed by atoms with van der Waals surface area (Å²) in [6.45, 7) is 4.02. The number of carboxylic acid groups (broad SMARTS) is 1. The monoisotopic (exact) mass is 262 g/mol. The number of aryl methyl sites for hydroxylation is 1. The number of carbonyl (C=O) groups excluding carboxylic acids is 1. The van der Waals surface area contributed by atoms with Crippen LogP contribution in [0.5, 0.6) is 0 Å². The number of hydrogen-bond donors (Lipinski definition) is 2. The summed E-state index contributed by atoms with van der Waals surface area (Å²) in [6.07, 6.45) is 2.06. The van der Waals surface area contributed by atoms with Crippen molar-refractivity contribution in [3.63, 3.8) is 0 Å². The topological polar surface area (TPSA) is 69.6 Å². The highest BCUT2D eigenvalue weighted by Crippen LogP contribution is 2.17. The number of nitrogens with one attached hydrogen (secondary N) is 1. The standard InChI is InChI=1S/C14H18N2O3/c1-3-10-16(2)14(19)15-12-7-5-4-6-11(12)8-9-13(17)18/h3-7H,1,8-10H2,2H3,(H,15,19)(H,17,18). The van der Waals surface area contributed by atoms with Crippen LogP contribution in [0.3, 0.4) is 0 Å². The van der Waals surface area contributed by atoms with Crippen LogP contribution in [-0.2, 0) is 11.2 Å². The van der Waals surface area contributed by atoms with Gasteiger partial charge in [0.25, 0.3) is 0 Å². The summed E-state index contributed by atoms with van der Waals surface area (Å²) in [5, 5.41) is 11.5. The predicted molar refractivity (Wildman–Crippen MR) is 74.2 cm³/mol. The third-order valence-electron chi connectivity index (χ3n) is 2.62. The van der Waals surface area contributed by atoms with E-state index in [1.165, 1.54) is 4.90 Å². The summed E-state index contributed by atoms with van der Waals surface area (Å²) < 4.78 is 0. The summed E-state index contributed by atoms with van der Waals surface area (Å²) in [7, 11) is 1.66. The summed E-state index contributed by atoms with van der Waals surface area (Å²) in [4.78, 5) is 23.9. The number of carbonyl (C=O) groups is 2. The molecular formula is C14H18N2O3. The van der Waals surface area contributed by atoms with Crippen LogP contribution in [0.15, 0.2) is 36.9 Å². The number of rotatable bonds is 6. The Morgan fingerprint density at radius 1 is 1.42 bits per heavy atom. The van der Waals surface area contributed by atoms with E-state index in [2.05, 4.69) is 11.9 Å². The van der Waals surface area contributed by atoms with Gasteiger partial charge in [-0.3, -0.25) is 4.79 Å². The van der Waals surface area contributed by atoms with Gasteiger partial charge >= 0.3 is 12.0 Å². The van der Waals surface area contributed by atoms with E-state index in [4.69, 9.17) is 5.11 Å². The lowest BCUT2D eigenvalue weighted by atomic mass is 10.1. The number of para-hydroxylation sites is 1. The molecule has 5 nitrogen and oxygen atoms in total. The van der Waals surface area contributed by atoms with Crippen molar-refractivity contribution in [1.82, 2.24) is 4.90 Å². The molecular weight excluding hydrogens is 244 g/mol. The Kier molecular flexibility index (Phi) is 5.60. The lowest BCUT2D eigenvalue weighted by molar-refractivity contribution is -0.136. The average molecular weight is 262 g/mol. The van der Waals surface area contributed by atoms with E-state index in [0.717, 1.165) is 5.56 Å². The maximum absolute atomic E-state index is 11.8. The molecule has 0 aliphatic rings. The maximum Gasteiger partial charge on any atom is 0.321 e. The van der Waals surface area contributed by atoms with E-state index in [0.29, 0.717) is 18.7 Å².